The molecular formula is C30H27N3O6S. The Morgan fingerprint density at radius 1 is 1.10 bits per heavy atom. The van der Waals surface area contributed by atoms with Gasteiger partial charge in [-0.1, -0.05) is 18.1 Å². The third-order valence-corrected chi connectivity index (χ3v) is 7.71. The summed E-state index contributed by atoms with van der Waals surface area (Å²) in [6, 6.07) is 19.0. The number of ether oxygens (including phenoxy) is 2. The monoisotopic (exact) mass is 557 g/mol. The number of nitriles is 1. The van der Waals surface area contributed by atoms with Gasteiger partial charge in [-0.15, -0.1) is 5.92 Å². The van der Waals surface area contributed by atoms with E-state index in [1.54, 1.807) is 38.4 Å². The summed E-state index contributed by atoms with van der Waals surface area (Å²) in [5.74, 6) is 5.27. The normalized spacial score (nSPS) is 11.7. The maximum atomic E-state index is 13.1. The number of carboxylic acid groups (broad SMARTS) is 1. The molecule has 0 saturated heterocycles. The van der Waals surface area contributed by atoms with Gasteiger partial charge >= 0.3 is 5.97 Å². The van der Waals surface area contributed by atoms with E-state index in [9.17, 15) is 23.6 Å². The predicted octanol–water partition coefficient (Wildman–Crippen LogP) is 3.95. The number of nitrogens with one attached hydrogen (secondary N) is 1. The maximum Gasteiger partial charge on any atom is 0.322 e. The fourth-order valence-corrected chi connectivity index (χ4v) is 5.45. The molecule has 1 heterocycles. The zero-order valence-electron chi connectivity index (χ0n) is 21.9. The lowest BCUT2D eigenvalue weighted by Crippen LogP contribution is -2.42. The van der Waals surface area contributed by atoms with Gasteiger partial charge < -0.3 is 19.1 Å². The van der Waals surface area contributed by atoms with Crippen LogP contribution in [-0.4, -0.2) is 43.8 Å². The number of methoxy groups -OCH3 is 1. The number of nitrogens with zero attached hydrogens (tertiary/aromatic N) is 2. The first-order chi connectivity index (χ1) is 19.2. The summed E-state index contributed by atoms with van der Waals surface area (Å²) in [5, 5.41) is 20.1. The first-order valence-electron chi connectivity index (χ1n) is 12.3. The van der Waals surface area contributed by atoms with Crippen molar-refractivity contribution in [2.45, 2.75) is 30.8 Å². The average molecular weight is 558 g/mol. The number of sulfonamides is 1. The lowest BCUT2D eigenvalue weighted by atomic mass is 10.0. The van der Waals surface area contributed by atoms with Crippen LogP contribution in [0.3, 0.4) is 0 Å². The van der Waals surface area contributed by atoms with Crippen LogP contribution in [0.15, 0.2) is 77.8 Å². The highest BCUT2D eigenvalue weighted by Crippen LogP contribution is 2.26. The summed E-state index contributed by atoms with van der Waals surface area (Å²) in [5.41, 5.74) is 2.74. The Bertz CT molecular complexity index is 1740. The quantitative estimate of drug-likeness (QED) is 0.267. The minimum Gasteiger partial charge on any atom is -0.497 e. The van der Waals surface area contributed by atoms with Crippen molar-refractivity contribution in [1.82, 2.24) is 9.29 Å². The number of aromatic nitrogens is 1. The number of carbonyl (C=O) groups is 1. The van der Waals surface area contributed by atoms with Gasteiger partial charge in [0, 0.05) is 30.1 Å². The lowest BCUT2D eigenvalue weighted by Gasteiger charge is -2.15. The lowest BCUT2D eigenvalue weighted by molar-refractivity contribution is -0.138. The molecule has 9 nitrogen and oxygen atoms in total. The van der Waals surface area contributed by atoms with Gasteiger partial charge in [0.25, 0.3) is 0 Å². The van der Waals surface area contributed by atoms with Crippen LogP contribution in [-0.2, 0) is 27.8 Å². The second-order valence-electron chi connectivity index (χ2n) is 8.88. The van der Waals surface area contributed by atoms with Gasteiger partial charge in [0.1, 0.15) is 24.1 Å². The number of aliphatic carboxylic acids is 1. The number of hydrogen-bond donors (Lipinski definition) is 2. The Kier molecular flexibility index (Phi) is 8.75. The van der Waals surface area contributed by atoms with E-state index in [-0.39, 0.29) is 17.9 Å². The molecule has 10 heteroatoms. The van der Waals surface area contributed by atoms with Crippen LogP contribution >= 0.6 is 0 Å². The summed E-state index contributed by atoms with van der Waals surface area (Å²) < 4.78 is 41.2. The van der Waals surface area contributed by atoms with Gasteiger partial charge in [-0.2, -0.15) is 9.98 Å². The molecule has 0 fully saturated rings. The Labute approximate surface area is 232 Å². The number of rotatable bonds is 11. The first kappa shape index (κ1) is 28.2. The van der Waals surface area contributed by atoms with E-state index in [1.165, 1.54) is 24.3 Å². The molecule has 0 aliphatic heterocycles. The van der Waals surface area contributed by atoms with Crippen LogP contribution in [0.5, 0.6) is 11.5 Å². The minimum atomic E-state index is -4.17. The zero-order valence-corrected chi connectivity index (χ0v) is 22.7. The molecule has 4 aromatic rings. The van der Waals surface area contributed by atoms with Gasteiger partial charge in [-0.3, -0.25) is 4.79 Å². The van der Waals surface area contributed by atoms with E-state index in [1.807, 2.05) is 28.8 Å². The highest BCUT2D eigenvalue weighted by Gasteiger charge is 2.27. The second kappa shape index (κ2) is 12.4. The first-order valence-corrected chi connectivity index (χ1v) is 13.7. The molecule has 0 saturated carbocycles. The van der Waals surface area contributed by atoms with E-state index in [4.69, 9.17) is 9.47 Å². The van der Waals surface area contributed by atoms with Crippen LogP contribution < -0.4 is 14.2 Å². The summed E-state index contributed by atoms with van der Waals surface area (Å²) in [6.07, 6.45) is 1.66. The average Bonchev–Trinajstić information content (AvgIpc) is 3.28. The van der Waals surface area contributed by atoms with Crippen molar-refractivity contribution in [2.24, 2.45) is 0 Å². The van der Waals surface area contributed by atoms with Crippen LogP contribution in [0, 0.1) is 23.2 Å². The molecule has 40 heavy (non-hydrogen) atoms. The summed E-state index contributed by atoms with van der Waals surface area (Å²) in [4.78, 5) is 12.1. The van der Waals surface area contributed by atoms with E-state index in [2.05, 4.69) is 22.6 Å². The van der Waals surface area contributed by atoms with Gasteiger partial charge in [0.2, 0.25) is 10.0 Å². The third-order valence-electron chi connectivity index (χ3n) is 6.22. The molecule has 0 aliphatic carbocycles. The molecule has 3 aromatic carbocycles. The molecule has 1 aromatic heterocycles. The van der Waals surface area contributed by atoms with E-state index in [0.717, 1.165) is 11.1 Å². The Morgan fingerprint density at radius 3 is 2.55 bits per heavy atom. The number of carboxylic acids is 1. The molecule has 0 spiro atoms. The topological polar surface area (TPSA) is 131 Å². The fraction of sp³-hybridized carbons (Fsp3) is 0.200. The largest absolute Gasteiger partial charge is 0.497 e. The van der Waals surface area contributed by atoms with Gasteiger partial charge in [-0.05, 0) is 72.6 Å². The molecular weight excluding hydrogens is 530 g/mol. The van der Waals surface area contributed by atoms with Crippen molar-refractivity contribution in [1.29, 1.82) is 5.26 Å². The molecule has 0 radical (unpaired) electrons. The van der Waals surface area contributed by atoms with Gasteiger partial charge in [-0.25, -0.2) is 8.42 Å². The third kappa shape index (κ3) is 6.62. The summed E-state index contributed by atoms with van der Waals surface area (Å²) >= 11 is 0. The van der Waals surface area contributed by atoms with Crippen molar-refractivity contribution < 1.29 is 27.8 Å². The minimum absolute atomic E-state index is 0.0973. The molecule has 0 unspecified atom stereocenters. The highest BCUT2D eigenvalue weighted by atomic mass is 32.2. The second-order valence-corrected chi connectivity index (χ2v) is 10.6. The van der Waals surface area contributed by atoms with E-state index in [0.29, 0.717) is 34.6 Å². The van der Waals surface area contributed by atoms with Crippen molar-refractivity contribution in [3.05, 3.63) is 89.6 Å². The number of benzene rings is 3. The molecule has 4 rings (SSSR count). The van der Waals surface area contributed by atoms with Gasteiger partial charge in [0.05, 0.1) is 23.6 Å². The zero-order chi connectivity index (χ0) is 28.7. The van der Waals surface area contributed by atoms with Crippen molar-refractivity contribution in [2.75, 3.05) is 13.7 Å². The molecule has 204 valence electrons. The molecule has 0 bridgehead atoms. The van der Waals surface area contributed by atoms with E-state index >= 15 is 0 Å². The number of fused-ring (bicyclic) bond motifs is 1. The van der Waals surface area contributed by atoms with Crippen LogP contribution in [0.4, 0.5) is 0 Å². The molecule has 1 atom stereocenters. The maximum absolute atomic E-state index is 13.1. The summed E-state index contributed by atoms with van der Waals surface area (Å²) in [6.45, 7) is 2.31. The van der Waals surface area contributed by atoms with Gasteiger partial charge in [0.15, 0.2) is 0 Å². The Balaban J connectivity index is 1.62. The van der Waals surface area contributed by atoms with Crippen molar-refractivity contribution in [3.8, 4) is 29.4 Å². The Morgan fingerprint density at radius 2 is 1.88 bits per heavy atom. The Hall–Kier alpha value is -4.77. The fourth-order valence-electron chi connectivity index (χ4n) is 4.26. The molecule has 2 N–H and O–H groups in total. The SMILES string of the molecule is CC#CCOc1ccc(S(=O)(=O)N[C@@H](Cc2cn(Cc3cccc(OC)c3)c3ccc(C#N)cc23)C(=O)O)cc1. The van der Waals surface area contributed by atoms with Crippen molar-refractivity contribution in [3.63, 3.8) is 0 Å². The smallest absolute Gasteiger partial charge is 0.322 e. The standard InChI is InChI=1S/C30H27N3O6S/c1-3-4-14-39-24-9-11-26(12-10-24)40(36,37)32-28(30(34)35)17-23-20-33(19-22-6-5-7-25(15-22)38-2)29-13-8-21(18-31)16-27(23)29/h5-13,15-16,20,28,32H,14,17,19H2,1-2H3,(H,34,35)/t28-/m0/s1. The van der Waals surface area contributed by atoms with Crippen LogP contribution in [0.1, 0.15) is 23.6 Å². The van der Waals surface area contributed by atoms with Crippen molar-refractivity contribution >= 4 is 26.9 Å². The predicted molar refractivity (Wildman–Crippen MR) is 150 cm³/mol. The molecule has 0 amide bonds. The molecule has 0 aliphatic rings. The van der Waals surface area contributed by atoms with Crippen LogP contribution in [0.25, 0.3) is 10.9 Å². The van der Waals surface area contributed by atoms with E-state index < -0.39 is 22.0 Å². The summed E-state index contributed by atoms with van der Waals surface area (Å²) in [7, 11) is -2.58. The number of hydrogen-bond acceptors (Lipinski definition) is 6. The highest BCUT2D eigenvalue weighted by molar-refractivity contribution is 7.89. The van der Waals surface area contributed by atoms with Crippen LogP contribution in [0.2, 0.25) is 0 Å².